The summed E-state index contributed by atoms with van der Waals surface area (Å²) in [6, 6.07) is 3.59. The molecule has 10 heteroatoms. The lowest BCUT2D eigenvalue weighted by Gasteiger charge is -2.06. The SMILES string of the molecule is Cn1nc(-c2cnn(CC(F)(F)F)c2)c2scc(-c3ccncc3)c2c1=O. The second-order valence-electron chi connectivity index (χ2n) is 5.91. The average molecular weight is 391 g/mol. The van der Waals surface area contributed by atoms with Crippen LogP contribution < -0.4 is 5.56 Å². The molecule has 4 aromatic heterocycles. The number of halogens is 3. The van der Waals surface area contributed by atoms with Gasteiger partial charge in [-0.15, -0.1) is 11.3 Å². The van der Waals surface area contributed by atoms with Gasteiger partial charge in [0.1, 0.15) is 12.2 Å². The molecule has 0 aliphatic heterocycles. The summed E-state index contributed by atoms with van der Waals surface area (Å²) in [6.07, 6.45) is 1.50. The summed E-state index contributed by atoms with van der Waals surface area (Å²) in [6.45, 7) is -1.19. The number of aromatic nitrogens is 5. The molecule has 6 nitrogen and oxygen atoms in total. The monoisotopic (exact) mass is 391 g/mol. The van der Waals surface area contributed by atoms with E-state index >= 15 is 0 Å². The summed E-state index contributed by atoms with van der Waals surface area (Å²) >= 11 is 1.32. The summed E-state index contributed by atoms with van der Waals surface area (Å²) < 4.78 is 40.4. The van der Waals surface area contributed by atoms with E-state index in [2.05, 4.69) is 15.2 Å². The van der Waals surface area contributed by atoms with Gasteiger partial charge in [0, 0.05) is 42.1 Å². The van der Waals surface area contributed by atoms with Crippen LogP contribution >= 0.6 is 11.3 Å². The van der Waals surface area contributed by atoms with Crippen LogP contribution in [0.25, 0.3) is 32.5 Å². The Morgan fingerprint density at radius 3 is 2.63 bits per heavy atom. The lowest BCUT2D eigenvalue weighted by Crippen LogP contribution is -2.20. The highest BCUT2D eigenvalue weighted by molar-refractivity contribution is 7.18. The fraction of sp³-hybridized carbons (Fsp3) is 0.176. The van der Waals surface area contributed by atoms with Crippen molar-refractivity contribution >= 4 is 21.4 Å². The maximum absolute atomic E-state index is 12.7. The summed E-state index contributed by atoms with van der Waals surface area (Å²) in [4.78, 5) is 16.7. The van der Waals surface area contributed by atoms with Crippen LogP contribution in [0, 0.1) is 0 Å². The molecule has 0 spiro atoms. The van der Waals surface area contributed by atoms with Crippen molar-refractivity contribution in [1.29, 1.82) is 0 Å². The Bertz CT molecular complexity index is 1180. The predicted molar refractivity (Wildman–Crippen MR) is 95.4 cm³/mol. The third-order valence-corrected chi connectivity index (χ3v) is 4.99. The normalized spacial score (nSPS) is 12.0. The molecule has 0 saturated heterocycles. The van der Waals surface area contributed by atoms with Crippen molar-refractivity contribution in [3.8, 4) is 22.4 Å². The molecule has 4 aromatic rings. The van der Waals surface area contributed by atoms with E-state index in [1.54, 1.807) is 24.5 Å². The molecule has 0 aromatic carbocycles. The Hall–Kier alpha value is -3.01. The highest BCUT2D eigenvalue weighted by Crippen LogP contribution is 2.36. The van der Waals surface area contributed by atoms with Gasteiger partial charge in [-0.1, -0.05) is 0 Å². The lowest BCUT2D eigenvalue weighted by molar-refractivity contribution is -0.142. The number of nitrogens with zero attached hydrogens (tertiary/aromatic N) is 5. The number of hydrogen-bond acceptors (Lipinski definition) is 5. The summed E-state index contributed by atoms with van der Waals surface area (Å²) in [5, 5.41) is 10.3. The highest BCUT2D eigenvalue weighted by Gasteiger charge is 2.28. The summed E-state index contributed by atoms with van der Waals surface area (Å²) in [5.74, 6) is 0. The van der Waals surface area contributed by atoms with Crippen LogP contribution in [-0.2, 0) is 13.6 Å². The average Bonchev–Trinajstić information content (AvgIpc) is 3.25. The number of fused-ring (bicyclic) bond motifs is 1. The molecule has 0 amide bonds. The third-order valence-electron chi connectivity index (χ3n) is 4.00. The zero-order chi connectivity index (χ0) is 19.2. The van der Waals surface area contributed by atoms with Crippen molar-refractivity contribution in [3.05, 3.63) is 52.7 Å². The van der Waals surface area contributed by atoms with Gasteiger partial charge in [0.15, 0.2) is 0 Å². The van der Waals surface area contributed by atoms with Crippen LogP contribution in [0.5, 0.6) is 0 Å². The molecule has 0 bridgehead atoms. The molecular formula is C17H12F3N5OS. The molecule has 4 heterocycles. The van der Waals surface area contributed by atoms with E-state index in [9.17, 15) is 18.0 Å². The van der Waals surface area contributed by atoms with E-state index in [1.807, 2.05) is 5.38 Å². The maximum atomic E-state index is 12.7. The molecule has 27 heavy (non-hydrogen) atoms. The van der Waals surface area contributed by atoms with Crippen LogP contribution in [0.15, 0.2) is 47.1 Å². The van der Waals surface area contributed by atoms with E-state index in [0.29, 0.717) is 21.3 Å². The predicted octanol–water partition coefficient (Wildman–Crippen LogP) is 3.48. The Kier molecular flexibility index (Phi) is 4.06. The Morgan fingerprint density at radius 1 is 1.19 bits per heavy atom. The van der Waals surface area contributed by atoms with Crippen LogP contribution in [0.4, 0.5) is 13.2 Å². The Balaban J connectivity index is 1.90. The minimum Gasteiger partial charge on any atom is -0.267 e. The van der Waals surface area contributed by atoms with E-state index in [4.69, 9.17) is 0 Å². The molecule has 0 fully saturated rings. The van der Waals surface area contributed by atoms with Crippen molar-refractivity contribution in [3.63, 3.8) is 0 Å². The molecule has 138 valence electrons. The van der Waals surface area contributed by atoms with Gasteiger partial charge in [-0.05, 0) is 17.7 Å². The van der Waals surface area contributed by atoms with E-state index in [1.165, 1.54) is 35.5 Å². The smallest absolute Gasteiger partial charge is 0.267 e. The first kappa shape index (κ1) is 17.4. The first-order valence-corrected chi connectivity index (χ1v) is 8.70. The second-order valence-corrected chi connectivity index (χ2v) is 6.79. The minimum atomic E-state index is -4.37. The Morgan fingerprint density at radius 2 is 1.93 bits per heavy atom. The highest BCUT2D eigenvalue weighted by atomic mass is 32.1. The van der Waals surface area contributed by atoms with Gasteiger partial charge in [0.2, 0.25) is 0 Å². The van der Waals surface area contributed by atoms with Crippen LogP contribution in [0.1, 0.15) is 0 Å². The van der Waals surface area contributed by atoms with Gasteiger partial charge in [0.25, 0.3) is 5.56 Å². The van der Waals surface area contributed by atoms with Gasteiger partial charge in [-0.2, -0.15) is 23.4 Å². The van der Waals surface area contributed by atoms with Crippen molar-refractivity contribution in [2.45, 2.75) is 12.7 Å². The molecule has 0 N–H and O–H groups in total. The third kappa shape index (κ3) is 3.23. The molecule has 0 aliphatic rings. The van der Waals surface area contributed by atoms with Gasteiger partial charge < -0.3 is 0 Å². The minimum absolute atomic E-state index is 0.274. The number of thiophene rings is 1. The van der Waals surface area contributed by atoms with Crippen LogP contribution in [0.2, 0.25) is 0 Å². The quantitative estimate of drug-likeness (QED) is 0.536. The molecule has 4 rings (SSSR count). The van der Waals surface area contributed by atoms with E-state index in [-0.39, 0.29) is 5.56 Å². The zero-order valence-electron chi connectivity index (χ0n) is 13.9. The summed E-state index contributed by atoms with van der Waals surface area (Å²) in [5.41, 5.74) is 2.14. The van der Waals surface area contributed by atoms with Gasteiger partial charge in [0.05, 0.1) is 16.3 Å². The van der Waals surface area contributed by atoms with E-state index < -0.39 is 12.7 Å². The molecular weight excluding hydrogens is 379 g/mol. The number of hydrogen-bond donors (Lipinski definition) is 0. The number of alkyl halides is 3. The van der Waals surface area contributed by atoms with Crippen molar-refractivity contribution < 1.29 is 13.2 Å². The topological polar surface area (TPSA) is 65.6 Å². The number of aryl methyl sites for hydroxylation is 1. The zero-order valence-corrected chi connectivity index (χ0v) is 14.8. The second kappa shape index (κ2) is 6.31. The van der Waals surface area contributed by atoms with Crippen molar-refractivity contribution in [1.82, 2.24) is 24.5 Å². The van der Waals surface area contributed by atoms with Gasteiger partial charge in [-0.25, -0.2) is 4.68 Å². The summed E-state index contributed by atoms with van der Waals surface area (Å²) in [7, 11) is 1.51. The molecule has 0 saturated carbocycles. The molecule has 0 atom stereocenters. The Labute approximate surface area is 154 Å². The van der Waals surface area contributed by atoms with Crippen molar-refractivity contribution in [2.75, 3.05) is 0 Å². The van der Waals surface area contributed by atoms with Crippen LogP contribution in [-0.4, -0.2) is 30.7 Å². The molecule has 0 aliphatic carbocycles. The van der Waals surface area contributed by atoms with Gasteiger partial charge in [-0.3, -0.25) is 14.5 Å². The fourth-order valence-corrected chi connectivity index (χ4v) is 3.91. The standard InChI is InChI=1S/C17H12F3N5OS/c1-24-16(26)13-12(10-2-4-21-5-3-10)8-27-15(13)14(23-24)11-6-22-25(7-11)9-17(18,19)20/h2-8H,9H2,1H3. The fourth-order valence-electron chi connectivity index (χ4n) is 2.84. The first-order chi connectivity index (χ1) is 12.8. The lowest BCUT2D eigenvalue weighted by atomic mass is 10.1. The molecule has 0 radical (unpaired) electrons. The molecule has 0 unspecified atom stereocenters. The van der Waals surface area contributed by atoms with E-state index in [0.717, 1.165) is 15.8 Å². The largest absolute Gasteiger partial charge is 0.408 e. The van der Waals surface area contributed by atoms with Crippen molar-refractivity contribution in [2.24, 2.45) is 7.05 Å². The van der Waals surface area contributed by atoms with Gasteiger partial charge >= 0.3 is 6.18 Å². The number of rotatable bonds is 3. The maximum Gasteiger partial charge on any atom is 0.408 e. The number of pyridine rings is 1. The van der Waals surface area contributed by atoms with Crippen LogP contribution in [0.3, 0.4) is 0 Å². The first-order valence-electron chi connectivity index (χ1n) is 7.82.